The Kier molecular flexibility index (Phi) is 6.06. The first kappa shape index (κ1) is 19.1. The Hall–Kier alpha value is -3.22. The van der Waals surface area contributed by atoms with E-state index in [0.29, 0.717) is 16.8 Å². The molecule has 7 nitrogen and oxygen atoms in total. The van der Waals surface area contributed by atoms with Gasteiger partial charge in [-0.15, -0.1) is 0 Å². The highest BCUT2D eigenvalue weighted by atomic mass is 16.6. The zero-order chi connectivity index (χ0) is 19.3. The van der Waals surface area contributed by atoms with Crippen LogP contribution in [0.3, 0.4) is 0 Å². The van der Waals surface area contributed by atoms with E-state index in [2.05, 4.69) is 10.6 Å². The van der Waals surface area contributed by atoms with Gasteiger partial charge in [-0.1, -0.05) is 25.1 Å². The van der Waals surface area contributed by atoms with E-state index in [-0.39, 0.29) is 23.2 Å². The van der Waals surface area contributed by atoms with Crippen LogP contribution in [0, 0.1) is 17.0 Å². The van der Waals surface area contributed by atoms with E-state index in [4.69, 9.17) is 0 Å². The van der Waals surface area contributed by atoms with E-state index in [1.54, 1.807) is 31.2 Å². The van der Waals surface area contributed by atoms with Crippen LogP contribution in [-0.4, -0.2) is 22.8 Å². The van der Waals surface area contributed by atoms with Gasteiger partial charge in [0.05, 0.1) is 16.2 Å². The summed E-state index contributed by atoms with van der Waals surface area (Å²) in [6.07, 6.45) is 0.785. The minimum Gasteiger partial charge on any atom is -0.350 e. The lowest BCUT2D eigenvalue weighted by Gasteiger charge is -2.14. The second-order valence-electron chi connectivity index (χ2n) is 6.04. The highest BCUT2D eigenvalue weighted by molar-refractivity contribution is 6.09. The third kappa shape index (κ3) is 4.44. The molecule has 0 aliphatic carbocycles. The van der Waals surface area contributed by atoms with Crippen molar-refractivity contribution in [2.45, 2.75) is 33.2 Å². The molecule has 0 fully saturated rings. The molecule has 2 N–H and O–H groups in total. The van der Waals surface area contributed by atoms with Gasteiger partial charge in [0.1, 0.15) is 0 Å². The number of benzene rings is 2. The minimum absolute atomic E-state index is 0.00556. The fourth-order valence-corrected chi connectivity index (χ4v) is 2.34. The molecule has 0 bridgehead atoms. The van der Waals surface area contributed by atoms with E-state index in [1.807, 2.05) is 13.8 Å². The first-order valence-corrected chi connectivity index (χ1v) is 8.29. The first-order valence-electron chi connectivity index (χ1n) is 8.29. The third-order valence-corrected chi connectivity index (χ3v) is 4.08. The van der Waals surface area contributed by atoms with Crippen molar-refractivity contribution >= 4 is 23.2 Å². The summed E-state index contributed by atoms with van der Waals surface area (Å²) in [5.74, 6) is -0.804. The molecule has 2 amide bonds. The predicted molar refractivity (Wildman–Crippen MR) is 99.4 cm³/mol. The Morgan fingerprint density at radius 2 is 1.85 bits per heavy atom. The summed E-state index contributed by atoms with van der Waals surface area (Å²) in [5.41, 5.74) is 1.18. The van der Waals surface area contributed by atoms with Gasteiger partial charge < -0.3 is 10.6 Å². The van der Waals surface area contributed by atoms with Crippen molar-refractivity contribution in [3.8, 4) is 0 Å². The van der Waals surface area contributed by atoms with Gasteiger partial charge in [0.15, 0.2) is 0 Å². The predicted octanol–water partition coefficient (Wildman–Crippen LogP) is 3.68. The number of nitro groups is 1. The first-order chi connectivity index (χ1) is 12.3. The number of hydrogen-bond acceptors (Lipinski definition) is 4. The molecule has 0 heterocycles. The third-order valence-electron chi connectivity index (χ3n) is 4.08. The van der Waals surface area contributed by atoms with Crippen molar-refractivity contribution in [2.75, 3.05) is 5.32 Å². The lowest BCUT2D eigenvalue weighted by atomic mass is 10.1. The average Bonchev–Trinajstić information content (AvgIpc) is 2.61. The van der Waals surface area contributed by atoms with E-state index in [0.717, 1.165) is 6.42 Å². The highest BCUT2D eigenvalue weighted by Gasteiger charge is 2.18. The molecule has 7 heteroatoms. The maximum Gasteiger partial charge on any atom is 0.273 e. The van der Waals surface area contributed by atoms with Crippen LogP contribution in [0.1, 0.15) is 46.5 Å². The molecule has 0 saturated carbocycles. The van der Waals surface area contributed by atoms with Crippen LogP contribution >= 0.6 is 0 Å². The molecule has 0 spiro atoms. The quantitative estimate of drug-likeness (QED) is 0.609. The van der Waals surface area contributed by atoms with E-state index < -0.39 is 10.8 Å². The van der Waals surface area contributed by atoms with Gasteiger partial charge in [-0.3, -0.25) is 19.7 Å². The molecular weight excluding hydrogens is 334 g/mol. The van der Waals surface area contributed by atoms with E-state index in [9.17, 15) is 19.7 Å². The Morgan fingerprint density at radius 1 is 1.15 bits per heavy atom. The van der Waals surface area contributed by atoms with Gasteiger partial charge in [-0.2, -0.15) is 0 Å². The highest BCUT2D eigenvalue weighted by Crippen LogP contribution is 2.21. The molecule has 2 aromatic carbocycles. The number of nitrogens with one attached hydrogen (secondary N) is 2. The Bertz CT molecular complexity index is 848. The minimum atomic E-state index is -0.528. The smallest absolute Gasteiger partial charge is 0.273 e. The van der Waals surface area contributed by atoms with Crippen molar-refractivity contribution in [3.05, 3.63) is 69.3 Å². The van der Waals surface area contributed by atoms with Crippen LogP contribution in [0.25, 0.3) is 0 Å². The molecule has 0 unspecified atom stereocenters. The molecule has 2 rings (SSSR count). The molecule has 0 radical (unpaired) electrons. The van der Waals surface area contributed by atoms with Gasteiger partial charge in [0, 0.05) is 23.2 Å². The second-order valence-corrected chi connectivity index (χ2v) is 6.04. The second kappa shape index (κ2) is 8.24. The lowest BCUT2D eigenvalue weighted by molar-refractivity contribution is -0.385. The van der Waals surface area contributed by atoms with Crippen LogP contribution in [0.4, 0.5) is 11.4 Å². The molecule has 0 aliphatic rings. The normalized spacial score (nSPS) is 11.5. The number of para-hydroxylation sites is 1. The Labute approximate surface area is 151 Å². The molecular formula is C19H21N3O4. The van der Waals surface area contributed by atoms with Crippen LogP contribution in [0.15, 0.2) is 42.5 Å². The van der Waals surface area contributed by atoms with Crippen LogP contribution < -0.4 is 10.6 Å². The van der Waals surface area contributed by atoms with Crippen molar-refractivity contribution in [2.24, 2.45) is 0 Å². The number of carbonyl (C=O) groups excluding carboxylic acids is 2. The van der Waals surface area contributed by atoms with Gasteiger partial charge in [0.2, 0.25) is 0 Å². The topological polar surface area (TPSA) is 101 Å². The zero-order valence-electron chi connectivity index (χ0n) is 14.9. The van der Waals surface area contributed by atoms with Crippen LogP contribution in [0.2, 0.25) is 0 Å². The summed E-state index contributed by atoms with van der Waals surface area (Å²) < 4.78 is 0. The molecule has 2 aromatic rings. The fourth-order valence-electron chi connectivity index (χ4n) is 2.34. The summed E-state index contributed by atoms with van der Waals surface area (Å²) in [5, 5.41) is 16.6. The molecule has 0 aromatic heterocycles. The maximum atomic E-state index is 12.5. The number of carbonyl (C=O) groups is 2. The fraction of sp³-hybridized carbons (Fsp3) is 0.263. The van der Waals surface area contributed by atoms with Crippen LogP contribution in [-0.2, 0) is 0 Å². The number of aryl methyl sites for hydroxylation is 1. The SMILES string of the molecule is CC[C@H](C)NC(=O)c1ccccc1NC(=O)c1ccc(C)c([N+](=O)[O-])c1. The van der Waals surface area contributed by atoms with E-state index in [1.165, 1.54) is 18.2 Å². The van der Waals surface area contributed by atoms with Gasteiger partial charge in [-0.05, 0) is 38.5 Å². The van der Waals surface area contributed by atoms with Crippen molar-refractivity contribution in [3.63, 3.8) is 0 Å². The summed E-state index contributed by atoms with van der Waals surface area (Å²) in [4.78, 5) is 35.4. The lowest BCUT2D eigenvalue weighted by Crippen LogP contribution is -2.32. The molecule has 0 saturated heterocycles. The van der Waals surface area contributed by atoms with Gasteiger partial charge in [0.25, 0.3) is 17.5 Å². The average molecular weight is 355 g/mol. The summed E-state index contributed by atoms with van der Waals surface area (Å²) in [7, 11) is 0. The number of amides is 2. The van der Waals surface area contributed by atoms with Crippen LogP contribution in [0.5, 0.6) is 0 Å². The molecule has 1 atom stereocenters. The number of nitro benzene ring substituents is 1. The summed E-state index contributed by atoms with van der Waals surface area (Å²) >= 11 is 0. The largest absolute Gasteiger partial charge is 0.350 e. The van der Waals surface area contributed by atoms with Crippen molar-refractivity contribution < 1.29 is 14.5 Å². The summed E-state index contributed by atoms with van der Waals surface area (Å²) in [6.45, 7) is 5.46. The Morgan fingerprint density at radius 3 is 2.50 bits per heavy atom. The molecule has 0 aliphatic heterocycles. The van der Waals surface area contributed by atoms with Crippen molar-refractivity contribution in [1.82, 2.24) is 5.32 Å². The van der Waals surface area contributed by atoms with Crippen molar-refractivity contribution in [1.29, 1.82) is 0 Å². The van der Waals surface area contributed by atoms with Gasteiger partial charge in [-0.25, -0.2) is 0 Å². The summed E-state index contributed by atoms with van der Waals surface area (Å²) in [6, 6.07) is 10.9. The number of hydrogen-bond donors (Lipinski definition) is 2. The van der Waals surface area contributed by atoms with E-state index >= 15 is 0 Å². The number of nitrogens with zero attached hydrogens (tertiary/aromatic N) is 1. The maximum absolute atomic E-state index is 12.5. The number of anilines is 1. The molecule has 26 heavy (non-hydrogen) atoms. The Balaban J connectivity index is 2.26. The monoisotopic (exact) mass is 355 g/mol. The number of rotatable bonds is 6. The molecule has 136 valence electrons. The van der Waals surface area contributed by atoms with Gasteiger partial charge >= 0.3 is 0 Å². The zero-order valence-corrected chi connectivity index (χ0v) is 14.9. The standard InChI is InChI=1S/C19H21N3O4/c1-4-13(3)20-19(24)15-7-5-6-8-16(15)21-18(23)14-10-9-12(2)17(11-14)22(25)26/h5-11,13H,4H2,1-3H3,(H,20,24)(H,21,23)/t13-/m0/s1.